The third kappa shape index (κ3) is 3.32. The van der Waals surface area contributed by atoms with Gasteiger partial charge in [0, 0.05) is 10.6 Å². The molecule has 0 aliphatic heterocycles. The Morgan fingerprint density at radius 2 is 1.75 bits per heavy atom. The molecule has 0 fully saturated rings. The van der Waals surface area contributed by atoms with Crippen LogP contribution in [0.5, 0.6) is 0 Å². The van der Waals surface area contributed by atoms with Gasteiger partial charge in [-0.2, -0.15) is 10.2 Å². The highest BCUT2D eigenvalue weighted by molar-refractivity contribution is 7.90. The number of nitrogens with zero attached hydrogens (tertiary/aromatic N) is 2. The van der Waals surface area contributed by atoms with E-state index >= 15 is 0 Å². The monoisotopic (exact) mass is 358 g/mol. The van der Waals surface area contributed by atoms with Gasteiger partial charge in [0.2, 0.25) is 15.7 Å². The fraction of sp³-hybridized carbons (Fsp3) is 0.0588. The molecule has 0 saturated carbocycles. The molecule has 1 aromatic heterocycles. The van der Waals surface area contributed by atoms with Crippen LogP contribution in [0.4, 0.5) is 0 Å². The smallest absolute Gasteiger partial charge is 0.257 e. The molecule has 0 N–H and O–H groups in total. The van der Waals surface area contributed by atoms with Crippen LogP contribution in [0.2, 0.25) is 5.02 Å². The summed E-state index contributed by atoms with van der Waals surface area (Å²) in [5.74, 6) is -0.204. The quantitative estimate of drug-likeness (QED) is 0.707. The van der Waals surface area contributed by atoms with Gasteiger partial charge in [0.05, 0.1) is 5.75 Å². The van der Waals surface area contributed by atoms with Crippen molar-refractivity contribution in [3.63, 3.8) is 0 Å². The van der Waals surface area contributed by atoms with E-state index in [0.717, 1.165) is 0 Å². The first kappa shape index (κ1) is 16.2. The molecule has 5 nitrogen and oxygen atoms in total. The minimum absolute atomic E-state index is 0.0989. The Balaban J connectivity index is 2.00. The average molecular weight is 359 g/mol. The summed E-state index contributed by atoms with van der Waals surface area (Å²) < 4.78 is 30.6. The summed E-state index contributed by atoms with van der Waals surface area (Å²) in [7, 11) is -3.85. The highest BCUT2D eigenvalue weighted by atomic mass is 35.5. The molecule has 0 amide bonds. The molecule has 0 unspecified atom stereocenters. The molecule has 0 bridgehead atoms. The second kappa shape index (κ2) is 6.48. The van der Waals surface area contributed by atoms with Crippen molar-refractivity contribution in [2.75, 3.05) is 0 Å². The molecule has 0 saturated heterocycles. The van der Waals surface area contributed by atoms with E-state index in [-0.39, 0.29) is 17.3 Å². The molecule has 7 heteroatoms. The van der Waals surface area contributed by atoms with Crippen molar-refractivity contribution in [3.05, 3.63) is 70.9 Å². The molecular formula is C17H11ClN2O3S. The lowest BCUT2D eigenvalue weighted by molar-refractivity contribution is 0.457. The van der Waals surface area contributed by atoms with E-state index < -0.39 is 14.9 Å². The molecule has 24 heavy (non-hydrogen) atoms. The topological polar surface area (TPSA) is 84.0 Å². The second-order valence-electron chi connectivity index (χ2n) is 5.02. The molecule has 1 heterocycles. The van der Waals surface area contributed by atoms with Crippen LogP contribution in [0.1, 0.15) is 11.3 Å². The van der Waals surface area contributed by atoms with Crippen LogP contribution in [0.3, 0.4) is 0 Å². The van der Waals surface area contributed by atoms with Crippen molar-refractivity contribution in [2.45, 2.75) is 10.8 Å². The first-order valence-electron chi connectivity index (χ1n) is 6.93. The van der Waals surface area contributed by atoms with Gasteiger partial charge in [-0.25, -0.2) is 8.42 Å². The van der Waals surface area contributed by atoms with E-state index in [1.54, 1.807) is 54.6 Å². The SMILES string of the molecule is N#Cc1nc(-c2ccccc2)oc1S(=O)(=O)Cc1ccc(Cl)cc1. The summed E-state index contributed by atoms with van der Waals surface area (Å²) in [4.78, 5) is 3.99. The van der Waals surface area contributed by atoms with Crippen LogP contribution in [0.15, 0.2) is 64.1 Å². The number of sulfone groups is 1. The van der Waals surface area contributed by atoms with Gasteiger partial charge in [-0.15, -0.1) is 0 Å². The predicted octanol–water partition coefficient (Wildman–Crippen LogP) is 3.84. The minimum atomic E-state index is -3.85. The van der Waals surface area contributed by atoms with Gasteiger partial charge in [-0.3, -0.25) is 0 Å². The Morgan fingerprint density at radius 3 is 2.38 bits per heavy atom. The van der Waals surface area contributed by atoms with Crippen LogP contribution in [0.25, 0.3) is 11.5 Å². The normalized spacial score (nSPS) is 11.2. The van der Waals surface area contributed by atoms with E-state index in [0.29, 0.717) is 16.1 Å². The third-order valence-corrected chi connectivity index (χ3v) is 5.08. The molecule has 0 atom stereocenters. The number of oxazole rings is 1. The zero-order valence-electron chi connectivity index (χ0n) is 12.3. The molecule has 0 spiro atoms. The summed E-state index contributed by atoms with van der Waals surface area (Å²) >= 11 is 5.80. The van der Waals surface area contributed by atoms with E-state index in [2.05, 4.69) is 4.98 Å². The molecular weight excluding hydrogens is 348 g/mol. The van der Waals surface area contributed by atoms with E-state index in [1.807, 2.05) is 6.07 Å². The first-order valence-corrected chi connectivity index (χ1v) is 8.96. The molecule has 120 valence electrons. The maximum atomic E-state index is 12.6. The highest BCUT2D eigenvalue weighted by Crippen LogP contribution is 2.27. The second-order valence-corrected chi connectivity index (χ2v) is 7.34. The molecule has 0 aliphatic carbocycles. The van der Waals surface area contributed by atoms with Gasteiger partial charge in [-0.1, -0.05) is 41.9 Å². The van der Waals surface area contributed by atoms with Crippen LogP contribution >= 0.6 is 11.6 Å². The summed E-state index contributed by atoms with van der Waals surface area (Å²) in [5.41, 5.74) is 0.894. The average Bonchev–Trinajstić information content (AvgIpc) is 3.03. The fourth-order valence-electron chi connectivity index (χ4n) is 2.16. The maximum Gasteiger partial charge on any atom is 0.257 e. The van der Waals surface area contributed by atoms with Crippen molar-refractivity contribution in [1.82, 2.24) is 4.98 Å². The summed E-state index contributed by atoms with van der Waals surface area (Å²) in [6, 6.07) is 17.0. The van der Waals surface area contributed by atoms with Crippen LogP contribution < -0.4 is 0 Å². The van der Waals surface area contributed by atoms with E-state index in [1.165, 1.54) is 0 Å². The van der Waals surface area contributed by atoms with Gasteiger partial charge in [-0.05, 0) is 29.8 Å². The summed E-state index contributed by atoms with van der Waals surface area (Å²) in [5, 5.41) is 9.29. The Bertz CT molecular complexity index is 1000. The molecule has 2 aromatic carbocycles. The Morgan fingerprint density at radius 1 is 1.08 bits per heavy atom. The van der Waals surface area contributed by atoms with Crippen LogP contribution in [-0.4, -0.2) is 13.4 Å². The van der Waals surface area contributed by atoms with Gasteiger partial charge in [0.15, 0.2) is 5.69 Å². The number of halogens is 1. The fourth-order valence-corrected chi connectivity index (χ4v) is 3.64. The number of benzene rings is 2. The van der Waals surface area contributed by atoms with Crippen molar-refractivity contribution < 1.29 is 12.8 Å². The standard InChI is InChI=1S/C17H11ClN2O3S/c18-14-8-6-12(7-9-14)11-24(21,22)17-15(10-19)20-16(23-17)13-4-2-1-3-5-13/h1-9H,11H2. The predicted molar refractivity (Wildman–Crippen MR) is 89.0 cm³/mol. The van der Waals surface area contributed by atoms with Gasteiger partial charge >= 0.3 is 0 Å². The van der Waals surface area contributed by atoms with Crippen molar-refractivity contribution in [2.24, 2.45) is 0 Å². The lowest BCUT2D eigenvalue weighted by Gasteiger charge is -2.02. The number of hydrogen-bond acceptors (Lipinski definition) is 5. The van der Waals surface area contributed by atoms with Gasteiger partial charge in [0.1, 0.15) is 6.07 Å². The first-order chi connectivity index (χ1) is 11.5. The maximum absolute atomic E-state index is 12.6. The van der Waals surface area contributed by atoms with E-state index in [4.69, 9.17) is 16.0 Å². The van der Waals surface area contributed by atoms with Crippen molar-refractivity contribution >= 4 is 21.4 Å². The number of nitriles is 1. The zero-order chi connectivity index (χ0) is 17.2. The van der Waals surface area contributed by atoms with Gasteiger partial charge < -0.3 is 4.42 Å². The van der Waals surface area contributed by atoms with Crippen LogP contribution in [0, 0.1) is 11.3 Å². The lowest BCUT2D eigenvalue weighted by Crippen LogP contribution is -2.05. The number of hydrogen-bond donors (Lipinski definition) is 0. The molecule has 3 rings (SSSR count). The lowest BCUT2D eigenvalue weighted by atomic mass is 10.2. The largest absolute Gasteiger partial charge is 0.423 e. The Labute approximate surface area is 144 Å². The van der Waals surface area contributed by atoms with Gasteiger partial charge in [0.25, 0.3) is 5.09 Å². The minimum Gasteiger partial charge on any atom is -0.423 e. The summed E-state index contributed by atoms with van der Waals surface area (Å²) in [6.45, 7) is 0. The summed E-state index contributed by atoms with van der Waals surface area (Å²) in [6.07, 6.45) is 0. The molecule has 0 radical (unpaired) electrons. The van der Waals surface area contributed by atoms with E-state index in [9.17, 15) is 13.7 Å². The Kier molecular flexibility index (Phi) is 4.38. The third-order valence-electron chi connectivity index (χ3n) is 3.28. The Hall–Kier alpha value is -2.62. The zero-order valence-corrected chi connectivity index (χ0v) is 13.9. The van der Waals surface area contributed by atoms with Crippen molar-refractivity contribution in [1.29, 1.82) is 5.26 Å². The number of rotatable bonds is 4. The highest BCUT2D eigenvalue weighted by Gasteiger charge is 2.27. The molecule has 3 aromatic rings. The van der Waals surface area contributed by atoms with Crippen LogP contribution in [-0.2, 0) is 15.6 Å². The number of aromatic nitrogens is 1. The van der Waals surface area contributed by atoms with Crippen molar-refractivity contribution in [3.8, 4) is 17.5 Å². The molecule has 0 aliphatic rings.